The van der Waals surface area contributed by atoms with E-state index < -0.39 is 17.5 Å². The molecule has 2 aromatic heterocycles. The molecule has 0 atom stereocenters. The molecule has 0 bridgehead atoms. The largest absolute Gasteiger partial charge is 0.492 e. The van der Waals surface area contributed by atoms with Crippen molar-refractivity contribution in [1.82, 2.24) is 4.57 Å². The van der Waals surface area contributed by atoms with Gasteiger partial charge in [0.1, 0.15) is 29.0 Å². The Hall–Kier alpha value is -3.72. The molecule has 1 amide bonds. The minimum atomic E-state index is -0.773. The van der Waals surface area contributed by atoms with Crippen LogP contribution in [-0.2, 0) is 16.1 Å². The van der Waals surface area contributed by atoms with Gasteiger partial charge in [0.25, 0.3) is 5.91 Å². The summed E-state index contributed by atoms with van der Waals surface area (Å²) in [4.78, 5) is 42.0. The Morgan fingerprint density at radius 2 is 1.91 bits per heavy atom. The van der Waals surface area contributed by atoms with E-state index in [1.165, 1.54) is 17.4 Å². The third-order valence-corrected chi connectivity index (χ3v) is 5.67. The molecule has 0 fully saturated rings. The lowest BCUT2D eigenvalue weighted by molar-refractivity contribution is -0.143. The normalized spacial score (nSPS) is 11.8. The third kappa shape index (κ3) is 4.19. The second kappa shape index (κ2) is 9.19. The summed E-state index contributed by atoms with van der Waals surface area (Å²) in [5.74, 6) is -0.672. The van der Waals surface area contributed by atoms with Gasteiger partial charge in [-0.2, -0.15) is 4.99 Å². The van der Waals surface area contributed by atoms with Crippen LogP contribution in [0.2, 0.25) is 0 Å². The van der Waals surface area contributed by atoms with E-state index in [2.05, 4.69) is 4.99 Å². The molecule has 0 spiro atoms. The first-order chi connectivity index (χ1) is 15.5. The van der Waals surface area contributed by atoms with Gasteiger partial charge in [0.2, 0.25) is 0 Å². The molecule has 4 aromatic rings. The Morgan fingerprint density at radius 1 is 1.09 bits per heavy atom. The summed E-state index contributed by atoms with van der Waals surface area (Å²) in [5, 5.41) is 0.611. The first kappa shape index (κ1) is 21.5. The zero-order valence-corrected chi connectivity index (χ0v) is 18.3. The van der Waals surface area contributed by atoms with E-state index in [1.807, 2.05) is 19.1 Å². The topological polar surface area (TPSA) is 100 Å². The van der Waals surface area contributed by atoms with Gasteiger partial charge in [-0.05, 0) is 38.1 Å². The summed E-state index contributed by atoms with van der Waals surface area (Å²) in [6.07, 6.45) is 0. The highest BCUT2D eigenvalue weighted by atomic mass is 32.1. The van der Waals surface area contributed by atoms with Gasteiger partial charge < -0.3 is 18.5 Å². The summed E-state index contributed by atoms with van der Waals surface area (Å²) in [6.45, 7) is 4.07. The average molecular weight is 452 g/mol. The highest BCUT2D eigenvalue weighted by Crippen LogP contribution is 2.27. The number of amides is 1. The van der Waals surface area contributed by atoms with E-state index >= 15 is 0 Å². The lowest BCUT2D eigenvalue weighted by atomic mass is 10.2. The summed E-state index contributed by atoms with van der Waals surface area (Å²) in [5.41, 5.74) is 0.0542. The van der Waals surface area contributed by atoms with E-state index in [-0.39, 0.29) is 23.5 Å². The van der Waals surface area contributed by atoms with Crippen LogP contribution in [0.15, 0.2) is 62.7 Å². The molecule has 0 radical (unpaired) electrons. The maximum absolute atomic E-state index is 12.9. The number of hydrogen-bond donors (Lipinski definition) is 0. The molecule has 0 unspecified atom stereocenters. The maximum Gasteiger partial charge on any atom is 0.349 e. The number of ether oxygens (including phenoxy) is 2. The van der Waals surface area contributed by atoms with Crippen LogP contribution < -0.4 is 15.2 Å². The monoisotopic (exact) mass is 452 g/mol. The van der Waals surface area contributed by atoms with Gasteiger partial charge >= 0.3 is 11.6 Å². The van der Waals surface area contributed by atoms with Gasteiger partial charge in [-0.3, -0.25) is 9.59 Å². The van der Waals surface area contributed by atoms with Crippen LogP contribution >= 0.6 is 11.3 Å². The zero-order valence-electron chi connectivity index (χ0n) is 17.5. The number of benzene rings is 2. The number of nitrogens with zero attached hydrogens (tertiary/aromatic N) is 2. The molecule has 0 saturated heterocycles. The smallest absolute Gasteiger partial charge is 0.349 e. The van der Waals surface area contributed by atoms with Crippen molar-refractivity contribution in [3.05, 3.63) is 69.3 Å². The van der Waals surface area contributed by atoms with Gasteiger partial charge in [0.05, 0.1) is 17.9 Å². The Bertz CT molecular complexity index is 1450. The highest BCUT2D eigenvalue weighted by Gasteiger charge is 2.18. The van der Waals surface area contributed by atoms with Gasteiger partial charge in [-0.1, -0.05) is 35.6 Å². The molecular weight excluding hydrogens is 432 g/mol. The van der Waals surface area contributed by atoms with Crippen molar-refractivity contribution < 1.29 is 23.5 Å². The van der Waals surface area contributed by atoms with Gasteiger partial charge in [-0.25, -0.2) is 4.79 Å². The van der Waals surface area contributed by atoms with Crippen LogP contribution in [0.3, 0.4) is 0 Å². The zero-order chi connectivity index (χ0) is 22.7. The van der Waals surface area contributed by atoms with Gasteiger partial charge in [0.15, 0.2) is 4.80 Å². The number of hydrogen-bond acceptors (Lipinski definition) is 7. The first-order valence-electron chi connectivity index (χ1n) is 10.0. The van der Waals surface area contributed by atoms with Crippen molar-refractivity contribution in [3.63, 3.8) is 0 Å². The minimum absolute atomic E-state index is 0.156. The molecule has 0 saturated carbocycles. The second-order valence-electron chi connectivity index (χ2n) is 6.71. The number of esters is 1. The third-order valence-electron chi connectivity index (χ3n) is 4.63. The van der Waals surface area contributed by atoms with E-state index in [0.717, 1.165) is 4.70 Å². The van der Waals surface area contributed by atoms with Crippen molar-refractivity contribution in [1.29, 1.82) is 0 Å². The van der Waals surface area contributed by atoms with Crippen LogP contribution in [0.5, 0.6) is 5.75 Å². The Morgan fingerprint density at radius 3 is 2.69 bits per heavy atom. The standard InChI is InChI=1S/C23H20N2O6S/c1-3-29-17-10-7-11-18-20(17)25(13-19(26)30-4-2)23(32-18)24-21(27)15-12-14-8-5-6-9-16(14)31-22(15)28/h5-12H,3-4,13H2,1-2H3. The molecule has 0 aliphatic rings. The summed E-state index contributed by atoms with van der Waals surface area (Å²) >= 11 is 1.21. The van der Waals surface area contributed by atoms with Crippen LogP contribution in [0, 0.1) is 0 Å². The molecule has 0 N–H and O–H groups in total. The van der Waals surface area contributed by atoms with Crippen LogP contribution in [-0.4, -0.2) is 29.7 Å². The van der Waals surface area contributed by atoms with Crippen molar-refractivity contribution in [3.8, 4) is 5.75 Å². The van der Waals surface area contributed by atoms with E-state index in [4.69, 9.17) is 13.9 Å². The molecule has 4 rings (SSSR count). The number of fused-ring (bicyclic) bond motifs is 2. The van der Waals surface area contributed by atoms with Crippen molar-refractivity contribution in [2.45, 2.75) is 20.4 Å². The molecule has 9 heteroatoms. The Labute approximate surface area is 186 Å². The molecule has 0 aliphatic heterocycles. The lowest BCUT2D eigenvalue weighted by Gasteiger charge is -2.09. The Kier molecular flexibility index (Phi) is 6.18. The van der Waals surface area contributed by atoms with E-state index in [0.29, 0.717) is 28.8 Å². The molecule has 2 aromatic carbocycles. The second-order valence-corrected chi connectivity index (χ2v) is 7.72. The van der Waals surface area contributed by atoms with Gasteiger partial charge in [-0.15, -0.1) is 0 Å². The first-order valence-corrected chi connectivity index (χ1v) is 10.9. The van der Waals surface area contributed by atoms with E-state index in [9.17, 15) is 14.4 Å². The number of rotatable bonds is 6. The quantitative estimate of drug-likeness (QED) is 0.328. The fraction of sp³-hybridized carbons (Fsp3) is 0.217. The van der Waals surface area contributed by atoms with Crippen LogP contribution in [0.25, 0.3) is 21.2 Å². The number of carbonyl (C=O) groups excluding carboxylic acids is 2. The minimum Gasteiger partial charge on any atom is -0.492 e. The SMILES string of the molecule is CCOC(=O)Cn1c(=NC(=O)c2cc3ccccc3oc2=O)sc2cccc(OCC)c21. The molecule has 8 nitrogen and oxygen atoms in total. The lowest BCUT2D eigenvalue weighted by Crippen LogP contribution is -2.24. The van der Waals surface area contributed by atoms with Crippen molar-refractivity contribution in [2.24, 2.45) is 4.99 Å². The van der Waals surface area contributed by atoms with Crippen molar-refractivity contribution in [2.75, 3.05) is 13.2 Å². The van der Waals surface area contributed by atoms with Crippen molar-refractivity contribution >= 4 is 44.4 Å². The van der Waals surface area contributed by atoms with E-state index in [1.54, 1.807) is 41.8 Å². The predicted molar refractivity (Wildman–Crippen MR) is 120 cm³/mol. The number of carbonyl (C=O) groups is 2. The maximum atomic E-state index is 12.9. The fourth-order valence-electron chi connectivity index (χ4n) is 3.30. The molecule has 32 heavy (non-hydrogen) atoms. The number of thiazole rings is 1. The molecule has 0 aliphatic carbocycles. The number of para-hydroxylation sites is 2. The fourth-order valence-corrected chi connectivity index (χ4v) is 4.34. The van der Waals surface area contributed by atoms with Crippen LogP contribution in [0.1, 0.15) is 24.2 Å². The van der Waals surface area contributed by atoms with Gasteiger partial charge in [0, 0.05) is 5.39 Å². The molecular formula is C23H20N2O6S. The average Bonchev–Trinajstić information content (AvgIpc) is 3.11. The Balaban J connectivity index is 1.88. The number of aromatic nitrogens is 1. The summed E-state index contributed by atoms with van der Waals surface area (Å²) in [7, 11) is 0. The summed E-state index contributed by atoms with van der Waals surface area (Å²) in [6, 6.07) is 13.8. The predicted octanol–water partition coefficient (Wildman–Crippen LogP) is 3.51. The molecule has 164 valence electrons. The van der Waals surface area contributed by atoms with Crippen LogP contribution in [0.4, 0.5) is 0 Å². The summed E-state index contributed by atoms with van der Waals surface area (Å²) < 4.78 is 18.4. The highest BCUT2D eigenvalue weighted by molar-refractivity contribution is 7.16. The molecule has 2 heterocycles.